The van der Waals surface area contributed by atoms with E-state index in [1.807, 2.05) is 18.2 Å². The second-order valence-electron chi connectivity index (χ2n) is 7.18. The Hall–Kier alpha value is -2.85. The van der Waals surface area contributed by atoms with Crippen LogP contribution in [-0.2, 0) is 29.4 Å². The van der Waals surface area contributed by atoms with Gasteiger partial charge in [-0.05, 0) is 48.1 Å². The van der Waals surface area contributed by atoms with Crippen molar-refractivity contribution in [1.82, 2.24) is 5.27 Å². The van der Waals surface area contributed by atoms with E-state index in [4.69, 9.17) is 4.74 Å². The molecule has 8 nitrogen and oxygen atoms in total. The summed E-state index contributed by atoms with van der Waals surface area (Å²) >= 11 is 2.45. The number of carbonyl (C=O) groups is 2. The van der Waals surface area contributed by atoms with Gasteiger partial charge in [0.15, 0.2) is 13.0 Å². The van der Waals surface area contributed by atoms with Crippen molar-refractivity contribution in [3.05, 3.63) is 51.9 Å². The van der Waals surface area contributed by atoms with Gasteiger partial charge in [-0.3, -0.25) is 4.79 Å². The topological polar surface area (TPSA) is 108 Å². The number of fused-ring (bicyclic) bond motifs is 1. The number of hydrogen-bond acceptors (Lipinski definition) is 8. The van der Waals surface area contributed by atoms with Crippen LogP contribution in [0.5, 0.6) is 5.95 Å². The minimum atomic E-state index is -0.589. The summed E-state index contributed by atoms with van der Waals surface area (Å²) in [5.41, 5.74) is 2.67. The number of ether oxygens (including phenoxy) is 1. The summed E-state index contributed by atoms with van der Waals surface area (Å²) in [6.45, 7) is 0. The van der Waals surface area contributed by atoms with Crippen molar-refractivity contribution < 1.29 is 28.6 Å². The number of benzene rings is 1. The van der Waals surface area contributed by atoms with Crippen LogP contribution in [-0.4, -0.2) is 30.0 Å². The van der Waals surface area contributed by atoms with Crippen LogP contribution < -0.4 is 15.1 Å². The highest BCUT2D eigenvalue weighted by molar-refractivity contribution is 7.99. The maximum absolute atomic E-state index is 12.6. The summed E-state index contributed by atoms with van der Waals surface area (Å²) in [7, 11) is 2.90. The van der Waals surface area contributed by atoms with E-state index in [-0.39, 0.29) is 16.7 Å². The fourth-order valence-electron chi connectivity index (χ4n) is 3.76. The summed E-state index contributed by atoms with van der Waals surface area (Å²) in [4.78, 5) is 26.1. The summed E-state index contributed by atoms with van der Waals surface area (Å²) in [5, 5.41) is 18.7. The number of esters is 1. The Kier molecular flexibility index (Phi) is 6.28. The number of carbonyl (C=O) groups excluding carboxylic acids is 2. The number of methoxy groups -OCH3 is 1. The van der Waals surface area contributed by atoms with Gasteiger partial charge in [0.05, 0.1) is 23.7 Å². The van der Waals surface area contributed by atoms with E-state index in [0.717, 1.165) is 41.5 Å². The molecule has 1 aromatic carbocycles. The monoisotopic (exact) mass is 459 g/mol. The molecule has 1 atom stereocenters. The van der Waals surface area contributed by atoms with Crippen LogP contribution in [0.3, 0.4) is 0 Å². The number of amides is 1. The molecule has 2 heterocycles. The van der Waals surface area contributed by atoms with Crippen LogP contribution in [0.1, 0.15) is 38.7 Å². The molecule has 0 saturated carbocycles. The molecule has 1 N–H and O–H groups in total. The average molecular weight is 460 g/mol. The predicted molar refractivity (Wildman–Crippen MR) is 113 cm³/mol. The Labute approximate surface area is 187 Å². The normalized spacial score (nSPS) is 15.4. The lowest BCUT2D eigenvalue weighted by Gasteiger charge is -2.22. The van der Waals surface area contributed by atoms with E-state index in [0.29, 0.717) is 16.5 Å². The second kappa shape index (κ2) is 9.11. The van der Waals surface area contributed by atoms with Crippen LogP contribution in [0.15, 0.2) is 39.9 Å². The van der Waals surface area contributed by atoms with Gasteiger partial charge in [-0.25, -0.2) is 4.79 Å². The van der Waals surface area contributed by atoms with Crippen LogP contribution in [0.4, 0.5) is 5.00 Å². The molecule has 0 aliphatic heterocycles. The van der Waals surface area contributed by atoms with E-state index in [1.54, 1.807) is 7.05 Å². The van der Waals surface area contributed by atoms with Crippen LogP contribution in [0.25, 0.3) is 0 Å². The number of aromatic nitrogens is 2. The fraction of sp³-hybridized carbons (Fsp3) is 0.333. The molecule has 4 rings (SSSR count). The lowest BCUT2D eigenvalue weighted by atomic mass is 9.83. The molecular formula is C21H21N3O5S2. The van der Waals surface area contributed by atoms with E-state index in [9.17, 15) is 14.7 Å². The maximum Gasteiger partial charge on any atom is 0.341 e. The van der Waals surface area contributed by atoms with Gasteiger partial charge in [0.2, 0.25) is 5.91 Å². The molecule has 2 aromatic heterocycles. The lowest BCUT2D eigenvalue weighted by molar-refractivity contribution is -0.772. The van der Waals surface area contributed by atoms with Crippen molar-refractivity contribution in [3.63, 3.8) is 0 Å². The first-order valence-corrected chi connectivity index (χ1v) is 11.5. The minimum absolute atomic E-state index is 0.0138. The molecule has 3 aromatic rings. The number of nitrogens with zero attached hydrogens (tertiary/aromatic N) is 2. The molecular weight excluding hydrogens is 438 g/mol. The smallest absolute Gasteiger partial charge is 0.341 e. The molecule has 0 fully saturated rings. The van der Waals surface area contributed by atoms with Crippen molar-refractivity contribution in [2.45, 2.75) is 30.2 Å². The Balaban J connectivity index is 1.53. The van der Waals surface area contributed by atoms with Gasteiger partial charge in [-0.2, -0.15) is 0 Å². The molecule has 0 spiro atoms. The molecule has 1 amide bonds. The van der Waals surface area contributed by atoms with Gasteiger partial charge >= 0.3 is 5.97 Å². The Morgan fingerprint density at radius 3 is 2.84 bits per heavy atom. The molecule has 162 valence electrons. The second-order valence-corrected chi connectivity index (χ2v) is 9.25. The lowest BCUT2D eigenvalue weighted by Crippen LogP contribution is -2.32. The molecule has 31 heavy (non-hydrogen) atoms. The van der Waals surface area contributed by atoms with E-state index in [1.165, 1.54) is 28.7 Å². The van der Waals surface area contributed by atoms with Crippen LogP contribution in [0.2, 0.25) is 0 Å². The van der Waals surface area contributed by atoms with E-state index < -0.39 is 11.9 Å². The third-order valence-electron chi connectivity index (χ3n) is 5.23. The summed E-state index contributed by atoms with van der Waals surface area (Å²) in [6.07, 6.45) is 2.49. The Morgan fingerprint density at radius 2 is 2.16 bits per heavy atom. The SMILES string of the molecule is COC(=O)c1c(NC(=O)CSc2c([O-])on[n+]2C)sc2c1CCC(c1ccccc1)C2. The number of anilines is 1. The zero-order chi connectivity index (χ0) is 22.0. The van der Waals surface area contributed by atoms with E-state index in [2.05, 4.69) is 27.2 Å². The van der Waals surface area contributed by atoms with Gasteiger partial charge in [-0.1, -0.05) is 35.0 Å². The fourth-order valence-corrected chi connectivity index (χ4v) is 5.80. The first-order chi connectivity index (χ1) is 15.0. The number of thiophene rings is 1. The molecule has 1 aliphatic carbocycles. The predicted octanol–water partition coefficient (Wildman–Crippen LogP) is 2.42. The van der Waals surface area contributed by atoms with Gasteiger partial charge in [0.1, 0.15) is 5.00 Å². The quantitative estimate of drug-likeness (QED) is 0.343. The zero-order valence-electron chi connectivity index (χ0n) is 17.0. The summed E-state index contributed by atoms with van der Waals surface area (Å²) in [6, 6.07) is 10.3. The molecule has 0 saturated heterocycles. The number of nitrogens with one attached hydrogen (secondary N) is 1. The number of aryl methyl sites for hydroxylation is 1. The van der Waals surface area contributed by atoms with Gasteiger partial charge in [-0.15, -0.1) is 11.3 Å². The summed E-state index contributed by atoms with van der Waals surface area (Å²) < 4.78 is 10.8. The standard InChI is InChI=1S/C21H21N3O5S2/c1-24-19(21(27)29-23-24)30-11-16(25)22-18-17(20(26)28-2)14-9-8-13(10-15(14)31-18)12-6-4-3-5-7-12/h3-7,13H,8-11H2,1-2H3,(H-,22,23,25,26,27). The summed E-state index contributed by atoms with van der Waals surface area (Å²) in [5.74, 6) is -1.00. The van der Waals surface area contributed by atoms with Crippen molar-refractivity contribution in [2.75, 3.05) is 18.2 Å². The Morgan fingerprint density at radius 1 is 1.39 bits per heavy atom. The van der Waals surface area contributed by atoms with Crippen LogP contribution in [0, 0.1) is 0 Å². The molecule has 0 bridgehead atoms. The molecule has 1 unspecified atom stereocenters. The van der Waals surface area contributed by atoms with Gasteiger partial charge < -0.3 is 19.7 Å². The molecule has 1 aliphatic rings. The van der Waals surface area contributed by atoms with Crippen molar-refractivity contribution in [3.8, 4) is 5.95 Å². The first kappa shape index (κ1) is 21.4. The van der Waals surface area contributed by atoms with Crippen molar-refractivity contribution in [2.24, 2.45) is 7.05 Å². The highest BCUT2D eigenvalue weighted by atomic mass is 32.2. The highest BCUT2D eigenvalue weighted by Crippen LogP contribution is 2.42. The average Bonchev–Trinajstić information content (AvgIpc) is 3.30. The third kappa shape index (κ3) is 4.45. The van der Waals surface area contributed by atoms with Crippen molar-refractivity contribution in [1.29, 1.82) is 0 Å². The highest BCUT2D eigenvalue weighted by Gasteiger charge is 2.30. The Bertz CT molecular complexity index is 1090. The number of thioether (sulfide) groups is 1. The van der Waals surface area contributed by atoms with Crippen molar-refractivity contribution >= 4 is 40.0 Å². The number of rotatable bonds is 6. The molecule has 10 heteroatoms. The largest absolute Gasteiger partial charge is 0.538 e. The van der Waals surface area contributed by atoms with Crippen LogP contribution >= 0.6 is 23.1 Å². The maximum atomic E-state index is 12.6. The zero-order valence-corrected chi connectivity index (χ0v) is 18.7. The minimum Gasteiger partial charge on any atom is -0.538 e. The first-order valence-electron chi connectivity index (χ1n) is 9.71. The van der Waals surface area contributed by atoms with Gasteiger partial charge in [0, 0.05) is 4.88 Å². The number of hydrogen-bond donors (Lipinski definition) is 1. The molecule has 0 radical (unpaired) electrons. The van der Waals surface area contributed by atoms with E-state index >= 15 is 0 Å². The third-order valence-corrected chi connectivity index (χ3v) is 7.51. The van der Waals surface area contributed by atoms with Gasteiger partial charge in [0.25, 0.3) is 5.03 Å².